The Bertz CT molecular complexity index is 563. The van der Waals surface area contributed by atoms with E-state index in [0.717, 1.165) is 12.8 Å². The van der Waals surface area contributed by atoms with E-state index in [2.05, 4.69) is 0 Å². The van der Waals surface area contributed by atoms with Gasteiger partial charge in [-0.1, -0.05) is 0 Å². The molecule has 1 aromatic carbocycles. The highest BCUT2D eigenvalue weighted by Gasteiger charge is 2.34. The van der Waals surface area contributed by atoms with E-state index in [0.29, 0.717) is 6.54 Å². The number of halogens is 2. The van der Waals surface area contributed by atoms with Crippen LogP contribution in [0.1, 0.15) is 12.8 Å². The molecule has 1 atom stereocenters. The Kier molecular flexibility index (Phi) is 5.13. The summed E-state index contributed by atoms with van der Waals surface area (Å²) in [5.74, 6) is 0.214. The first-order valence-electron chi connectivity index (χ1n) is 6.68. The topological polar surface area (TPSA) is 72.6 Å². The number of sulfonamides is 1. The van der Waals surface area contributed by atoms with Gasteiger partial charge in [0.2, 0.25) is 10.0 Å². The van der Waals surface area contributed by atoms with E-state index in [1.807, 2.05) is 0 Å². The van der Waals surface area contributed by atoms with E-state index < -0.39 is 23.1 Å². The van der Waals surface area contributed by atoms with Crippen molar-refractivity contribution >= 4 is 10.0 Å². The number of hydrogen-bond acceptors (Lipinski definition) is 4. The molecule has 2 N–H and O–H groups in total. The highest BCUT2D eigenvalue weighted by molar-refractivity contribution is 7.89. The fourth-order valence-electron chi connectivity index (χ4n) is 2.36. The molecule has 0 aromatic heterocycles. The van der Waals surface area contributed by atoms with Crippen LogP contribution in [0.15, 0.2) is 29.2 Å². The van der Waals surface area contributed by atoms with Gasteiger partial charge in [-0.05, 0) is 37.1 Å². The van der Waals surface area contributed by atoms with Crippen molar-refractivity contribution in [3.63, 3.8) is 0 Å². The van der Waals surface area contributed by atoms with Crippen molar-refractivity contribution in [2.24, 2.45) is 5.73 Å². The van der Waals surface area contributed by atoms with E-state index >= 15 is 0 Å². The van der Waals surface area contributed by atoms with Gasteiger partial charge >= 0.3 is 0 Å². The Morgan fingerprint density at radius 3 is 2.57 bits per heavy atom. The summed E-state index contributed by atoms with van der Waals surface area (Å²) in [5.41, 5.74) is 5.59. The van der Waals surface area contributed by atoms with Crippen molar-refractivity contribution < 1.29 is 21.9 Å². The fourth-order valence-corrected chi connectivity index (χ4v) is 4.07. The summed E-state index contributed by atoms with van der Waals surface area (Å²) >= 11 is 0. The summed E-state index contributed by atoms with van der Waals surface area (Å²) in [7, 11) is -3.60. The summed E-state index contributed by atoms with van der Waals surface area (Å²) < 4.78 is 55.3. The van der Waals surface area contributed by atoms with Crippen molar-refractivity contribution in [2.75, 3.05) is 19.7 Å². The van der Waals surface area contributed by atoms with Crippen molar-refractivity contribution in [2.45, 2.75) is 30.2 Å². The summed E-state index contributed by atoms with van der Waals surface area (Å²) in [6.07, 6.45) is -1.02. The van der Waals surface area contributed by atoms with E-state index in [1.165, 1.54) is 28.6 Å². The van der Waals surface area contributed by atoms with Crippen LogP contribution in [0.25, 0.3) is 0 Å². The monoisotopic (exact) mass is 320 g/mol. The maximum absolute atomic E-state index is 12.5. The quantitative estimate of drug-likeness (QED) is 0.861. The normalized spacial score (nSPS) is 20.1. The van der Waals surface area contributed by atoms with Crippen molar-refractivity contribution in [3.8, 4) is 5.75 Å². The molecule has 5 nitrogen and oxygen atoms in total. The second-order valence-electron chi connectivity index (χ2n) is 4.82. The fraction of sp³-hybridized carbons (Fsp3) is 0.538. The SMILES string of the molecule is NCC1CCCN1S(=O)(=O)c1ccc(OCC(F)F)cc1. The molecular formula is C13H18F2N2O3S. The Labute approximate surface area is 122 Å². The molecular weight excluding hydrogens is 302 g/mol. The number of nitrogens with two attached hydrogens (primary N) is 1. The number of benzene rings is 1. The minimum Gasteiger partial charge on any atom is -0.488 e. The summed E-state index contributed by atoms with van der Waals surface area (Å²) in [6.45, 7) is 0.0239. The Balaban J connectivity index is 2.13. The predicted octanol–water partition coefficient (Wildman–Crippen LogP) is 1.44. The number of ether oxygens (including phenoxy) is 1. The lowest BCUT2D eigenvalue weighted by Gasteiger charge is -2.22. The van der Waals surface area contributed by atoms with Crippen LogP contribution < -0.4 is 10.5 Å². The molecule has 1 heterocycles. The van der Waals surface area contributed by atoms with E-state index in [-0.39, 0.29) is 23.2 Å². The standard InChI is InChI=1S/C13H18F2N2O3S/c14-13(15)9-20-11-3-5-12(6-4-11)21(18,19)17-7-1-2-10(17)8-16/h3-6,10,13H,1-2,7-9,16H2. The third kappa shape index (κ3) is 3.69. The lowest BCUT2D eigenvalue weighted by atomic mass is 10.2. The van der Waals surface area contributed by atoms with Gasteiger partial charge in [0, 0.05) is 19.1 Å². The molecule has 1 fully saturated rings. The number of hydrogen-bond donors (Lipinski definition) is 1. The summed E-state index contributed by atoms with van der Waals surface area (Å²) in [6, 6.07) is 5.31. The van der Waals surface area contributed by atoms with Gasteiger partial charge < -0.3 is 10.5 Å². The minimum atomic E-state index is -3.60. The highest BCUT2D eigenvalue weighted by Crippen LogP contribution is 2.26. The average molecular weight is 320 g/mol. The van der Waals surface area contributed by atoms with Gasteiger partial charge in [-0.15, -0.1) is 0 Å². The average Bonchev–Trinajstić information content (AvgIpc) is 2.94. The third-order valence-electron chi connectivity index (χ3n) is 3.40. The lowest BCUT2D eigenvalue weighted by molar-refractivity contribution is 0.0819. The number of nitrogens with zero attached hydrogens (tertiary/aromatic N) is 1. The molecule has 1 aliphatic heterocycles. The van der Waals surface area contributed by atoms with Gasteiger partial charge in [-0.2, -0.15) is 4.31 Å². The smallest absolute Gasteiger partial charge is 0.272 e. The molecule has 0 radical (unpaired) electrons. The largest absolute Gasteiger partial charge is 0.488 e. The van der Waals surface area contributed by atoms with Crippen LogP contribution in [0.2, 0.25) is 0 Å². The molecule has 8 heteroatoms. The van der Waals surface area contributed by atoms with Gasteiger partial charge in [0.1, 0.15) is 12.4 Å². The second kappa shape index (κ2) is 6.67. The first-order valence-corrected chi connectivity index (χ1v) is 8.12. The van der Waals surface area contributed by atoms with Crippen LogP contribution in [0, 0.1) is 0 Å². The molecule has 0 aliphatic carbocycles. The Morgan fingerprint density at radius 2 is 2.00 bits per heavy atom. The zero-order chi connectivity index (χ0) is 15.5. The minimum absolute atomic E-state index is 0.118. The zero-order valence-corrected chi connectivity index (χ0v) is 12.2. The molecule has 2 rings (SSSR count). The van der Waals surface area contributed by atoms with Gasteiger partial charge in [0.15, 0.2) is 0 Å². The van der Waals surface area contributed by atoms with Crippen molar-refractivity contribution in [1.82, 2.24) is 4.31 Å². The van der Waals surface area contributed by atoms with E-state index in [9.17, 15) is 17.2 Å². The molecule has 1 unspecified atom stereocenters. The highest BCUT2D eigenvalue weighted by atomic mass is 32.2. The maximum Gasteiger partial charge on any atom is 0.272 e. The Hall–Kier alpha value is -1.25. The van der Waals surface area contributed by atoms with Crippen LogP contribution in [-0.4, -0.2) is 44.9 Å². The third-order valence-corrected chi connectivity index (χ3v) is 5.37. The molecule has 21 heavy (non-hydrogen) atoms. The van der Waals surface area contributed by atoms with Gasteiger partial charge in [0.25, 0.3) is 6.43 Å². The maximum atomic E-state index is 12.5. The van der Waals surface area contributed by atoms with Crippen molar-refractivity contribution in [1.29, 1.82) is 0 Å². The lowest BCUT2D eigenvalue weighted by Crippen LogP contribution is -2.39. The second-order valence-corrected chi connectivity index (χ2v) is 6.71. The van der Waals surface area contributed by atoms with Crippen molar-refractivity contribution in [3.05, 3.63) is 24.3 Å². The molecule has 1 saturated heterocycles. The zero-order valence-electron chi connectivity index (χ0n) is 11.4. The molecule has 0 bridgehead atoms. The predicted molar refractivity (Wildman–Crippen MR) is 73.9 cm³/mol. The van der Waals surface area contributed by atoms with E-state index in [1.54, 1.807) is 0 Å². The van der Waals surface area contributed by atoms with E-state index in [4.69, 9.17) is 10.5 Å². The summed E-state index contributed by atoms with van der Waals surface area (Å²) in [4.78, 5) is 0.118. The van der Waals surface area contributed by atoms with Crippen LogP contribution in [0.3, 0.4) is 0 Å². The summed E-state index contributed by atoms with van der Waals surface area (Å²) in [5, 5.41) is 0. The van der Waals surface area contributed by atoms with Crippen LogP contribution in [-0.2, 0) is 10.0 Å². The van der Waals surface area contributed by atoms with Gasteiger partial charge in [0.05, 0.1) is 4.90 Å². The molecule has 118 valence electrons. The molecule has 0 saturated carbocycles. The van der Waals surface area contributed by atoms with Gasteiger partial charge in [-0.3, -0.25) is 0 Å². The van der Waals surface area contributed by atoms with Crippen LogP contribution >= 0.6 is 0 Å². The number of rotatable bonds is 6. The molecule has 1 aliphatic rings. The first kappa shape index (κ1) is 16.1. The Morgan fingerprint density at radius 1 is 1.33 bits per heavy atom. The number of alkyl halides is 2. The molecule has 0 amide bonds. The first-order chi connectivity index (χ1) is 9.95. The van der Waals surface area contributed by atoms with Crippen LogP contribution in [0.5, 0.6) is 5.75 Å². The molecule has 1 aromatic rings. The molecule has 0 spiro atoms. The van der Waals surface area contributed by atoms with Crippen LogP contribution in [0.4, 0.5) is 8.78 Å². The van der Waals surface area contributed by atoms with Gasteiger partial charge in [-0.25, -0.2) is 17.2 Å².